The molecule has 1 aliphatic rings. The maximum Gasteiger partial charge on any atom is 0.191 e. The van der Waals surface area contributed by atoms with Crippen molar-refractivity contribution >= 4 is 28.7 Å². The third kappa shape index (κ3) is 1.92. The van der Waals surface area contributed by atoms with Crippen LogP contribution in [0.1, 0.15) is 38.1 Å². The summed E-state index contributed by atoms with van der Waals surface area (Å²) in [6.45, 7) is 0. The summed E-state index contributed by atoms with van der Waals surface area (Å²) in [5.41, 5.74) is 7.30. The van der Waals surface area contributed by atoms with Gasteiger partial charge in [0.05, 0.1) is 6.04 Å². The number of fused-ring (bicyclic) bond motifs is 1. The zero-order valence-corrected chi connectivity index (χ0v) is 11.2. The first kappa shape index (κ1) is 11.7. The first-order chi connectivity index (χ1) is 8.79. The van der Waals surface area contributed by atoms with Crippen molar-refractivity contribution in [3.63, 3.8) is 0 Å². The molecule has 0 radical (unpaired) electrons. The topological polar surface area (TPSA) is 82.5 Å². The van der Waals surface area contributed by atoms with Gasteiger partial charge in [-0.1, -0.05) is 36.2 Å². The third-order valence-corrected chi connectivity index (χ3v) is 3.98. The number of nitrogen functional groups attached to an aromatic ring is 1. The maximum atomic E-state index is 5.90. The van der Waals surface area contributed by atoms with Gasteiger partial charge in [0.1, 0.15) is 0 Å². The highest BCUT2D eigenvalue weighted by molar-refractivity contribution is 7.98. The van der Waals surface area contributed by atoms with Gasteiger partial charge in [-0.05, 0) is 19.1 Å². The number of hydrogen-bond acceptors (Lipinski definition) is 6. The van der Waals surface area contributed by atoms with Gasteiger partial charge in [0.2, 0.25) is 0 Å². The van der Waals surface area contributed by atoms with Gasteiger partial charge in [-0.15, -0.1) is 5.10 Å². The molecule has 2 heterocycles. The highest BCUT2D eigenvalue weighted by Crippen LogP contribution is 2.30. The number of nitrogens with two attached hydrogens (primary N) is 1. The van der Waals surface area contributed by atoms with Crippen LogP contribution in [0.3, 0.4) is 0 Å². The molecule has 0 unspecified atom stereocenters. The molecule has 0 atom stereocenters. The molecule has 1 fully saturated rings. The van der Waals surface area contributed by atoms with E-state index in [1.54, 1.807) is 0 Å². The summed E-state index contributed by atoms with van der Waals surface area (Å²) >= 11 is 1.49. The summed E-state index contributed by atoms with van der Waals surface area (Å²) in [5.74, 6) is 0.423. The standard InChI is InChI=1S/C11H16N6S/c1-18-11-13-9(12)8-10(14-11)17(16-15-8)7-5-3-2-4-6-7/h7H,2-6H2,1H3,(H2,12,13,14). The Morgan fingerprint density at radius 1 is 1.22 bits per heavy atom. The average molecular weight is 264 g/mol. The summed E-state index contributed by atoms with van der Waals surface area (Å²) in [6.07, 6.45) is 8.06. The maximum absolute atomic E-state index is 5.90. The van der Waals surface area contributed by atoms with Gasteiger partial charge in [-0.3, -0.25) is 0 Å². The fraction of sp³-hybridized carbons (Fsp3) is 0.636. The zero-order chi connectivity index (χ0) is 12.5. The molecule has 6 nitrogen and oxygen atoms in total. The second-order valence-corrected chi connectivity index (χ2v) is 5.37. The van der Waals surface area contributed by atoms with E-state index in [0.717, 1.165) is 18.5 Å². The van der Waals surface area contributed by atoms with Gasteiger partial charge in [-0.25, -0.2) is 14.6 Å². The smallest absolute Gasteiger partial charge is 0.191 e. The lowest BCUT2D eigenvalue weighted by atomic mass is 9.96. The van der Waals surface area contributed by atoms with Crippen LogP contribution in [0.5, 0.6) is 0 Å². The average Bonchev–Trinajstić information content (AvgIpc) is 2.84. The van der Waals surface area contributed by atoms with Gasteiger partial charge in [0, 0.05) is 0 Å². The van der Waals surface area contributed by atoms with Crippen molar-refractivity contribution in [3.05, 3.63) is 0 Å². The molecule has 3 rings (SSSR count). The minimum Gasteiger partial charge on any atom is -0.382 e. The number of thioether (sulfide) groups is 1. The van der Waals surface area contributed by atoms with Gasteiger partial charge in [-0.2, -0.15) is 0 Å². The molecule has 2 aromatic rings. The monoisotopic (exact) mass is 264 g/mol. The molecular weight excluding hydrogens is 248 g/mol. The van der Waals surface area contributed by atoms with Crippen LogP contribution >= 0.6 is 11.8 Å². The van der Waals surface area contributed by atoms with Crippen molar-refractivity contribution in [2.75, 3.05) is 12.0 Å². The minimum absolute atomic E-state index is 0.410. The molecule has 18 heavy (non-hydrogen) atoms. The Balaban J connectivity index is 2.09. The molecule has 0 bridgehead atoms. The van der Waals surface area contributed by atoms with Crippen LogP contribution in [0.2, 0.25) is 0 Å². The zero-order valence-electron chi connectivity index (χ0n) is 10.3. The molecular formula is C11H16N6S. The highest BCUT2D eigenvalue weighted by atomic mass is 32.2. The van der Waals surface area contributed by atoms with E-state index in [-0.39, 0.29) is 0 Å². The van der Waals surface area contributed by atoms with E-state index in [1.165, 1.54) is 31.0 Å². The Labute approximate surface area is 109 Å². The van der Waals surface area contributed by atoms with Crippen molar-refractivity contribution < 1.29 is 0 Å². The Bertz CT molecular complexity index is 560. The Morgan fingerprint density at radius 3 is 2.72 bits per heavy atom. The summed E-state index contributed by atoms with van der Waals surface area (Å²) < 4.78 is 1.94. The van der Waals surface area contributed by atoms with Crippen molar-refractivity contribution in [3.8, 4) is 0 Å². The van der Waals surface area contributed by atoms with Crippen molar-refractivity contribution in [2.24, 2.45) is 0 Å². The minimum atomic E-state index is 0.410. The third-order valence-electron chi connectivity index (χ3n) is 3.43. The van der Waals surface area contributed by atoms with E-state index in [1.807, 2.05) is 10.9 Å². The van der Waals surface area contributed by atoms with Gasteiger partial charge < -0.3 is 5.73 Å². The van der Waals surface area contributed by atoms with Crippen LogP contribution in [-0.2, 0) is 0 Å². The van der Waals surface area contributed by atoms with Crippen molar-refractivity contribution in [1.82, 2.24) is 25.0 Å². The predicted octanol–water partition coefficient (Wildman–Crippen LogP) is 2.03. The number of aromatic nitrogens is 5. The molecule has 2 N–H and O–H groups in total. The van der Waals surface area contributed by atoms with E-state index in [2.05, 4.69) is 20.3 Å². The Morgan fingerprint density at radius 2 is 2.00 bits per heavy atom. The first-order valence-corrected chi connectivity index (χ1v) is 7.44. The van der Waals surface area contributed by atoms with Crippen LogP contribution in [0.25, 0.3) is 11.2 Å². The fourth-order valence-corrected chi connectivity index (χ4v) is 2.86. The molecule has 0 aromatic carbocycles. The second-order valence-electron chi connectivity index (χ2n) is 4.59. The van der Waals surface area contributed by atoms with Crippen LogP contribution < -0.4 is 5.73 Å². The summed E-state index contributed by atoms with van der Waals surface area (Å²) in [6, 6.07) is 0.410. The highest BCUT2D eigenvalue weighted by Gasteiger charge is 2.21. The first-order valence-electron chi connectivity index (χ1n) is 6.22. The SMILES string of the molecule is CSc1nc(N)c2nnn(C3CCCCC3)c2n1. The van der Waals surface area contributed by atoms with Crippen LogP contribution in [-0.4, -0.2) is 31.2 Å². The number of anilines is 1. The van der Waals surface area contributed by atoms with E-state index < -0.39 is 0 Å². The van der Waals surface area contributed by atoms with Gasteiger partial charge in [0.15, 0.2) is 22.1 Å². The van der Waals surface area contributed by atoms with E-state index in [0.29, 0.717) is 22.5 Å². The summed E-state index contributed by atoms with van der Waals surface area (Å²) in [7, 11) is 0. The Kier molecular flexibility index (Phi) is 3.07. The quantitative estimate of drug-likeness (QED) is 0.660. The van der Waals surface area contributed by atoms with Gasteiger partial charge in [0.25, 0.3) is 0 Å². The molecule has 7 heteroatoms. The van der Waals surface area contributed by atoms with Crippen molar-refractivity contribution in [2.45, 2.75) is 43.3 Å². The molecule has 96 valence electrons. The van der Waals surface area contributed by atoms with E-state index >= 15 is 0 Å². The molecule has 0 spiro atoms. The summed E-state index contributed by atoms with van der Waals surface area (Å²) in [4.78, 5) is 8.69. The normalized spacial score (nSPS) is 17.4. The lowest BCUT2D eigenvalue weighted by Gasteiger charge is -2.21. The molecule has 2 aromatic heterocycles. The number of nitrogens with zero attached hydrogens (tertiary/aromatic N) is 5. The lowest BCUT2D eigenvalue weighted by Crippen LogP contribution is -2.15. The molecule has 0 amide bonds. The lowest BCUT2D eigenvalue weighted by molar-refractivity contribution is 0.330. The van der Waals surface area contributed by atoms with Crippen LogP contribution in [0, 0.1) is 0 Å². The van der Waals surface area contributed by atoms with Crippen molar-refractivity contribution in [1.29, 1.82) is 0 Å². The number of hydrogen-bond donors (Lipinski definition) is 1. The van der Waals surface area contributed by atoms with E-state index in [9.17, 15) is 0 Å². The van der Waals surface area contributed by atoms with E-state index in [4.69, 9.17) is 5.73 Å². The fourth-order valence-electron chi connectivity index (χ4n) is 2.49. The second kappa shape index (κ2) is 4.72. The van der Waals surface area contributed by atoms with Crippen LogP contribution in [0.4, 0.5) is 5.82 Å². The molecule has 0 aliphatic heterocycles. The van der Waals surface area contributed by atoms with Crippen LogP contribution in [0.15, 0.2) is 5.16 Å². The number of rotatable bonds is 2. The molecule has 1 aliphatic carbocycles. The largest absolute Gasteiger partial charge is 0.382 e. The molecule has 0 saturated heterocycles. The summed E-state index contributed by atoms with van der Waals surface area (Å²) in [5, 5.41) is 9.03. The molecule has 1 saturated carbocycles. The Hall–Kier alpha value is -1.37. The van der Waals surface area contributed by atoms with Gasteiger partial charge >= 0.3 is 0 Å². The predicted molar refractivity (Wildman–Crippen MR) is 71.4 cm³/mol.